The van der Waals surface area contributed by atoms with Gasteiger partial charge in [0.2, 0.25) is 0 Å². The number of methoxy groups -OCH3 is 1. The van der Waals surface area contributed by atoms with Crippen molar-refractivity contribution < 1.29 is 9.53 Å². The molecule has 0 bridgehead atoms. The zero-order valence-electron chi connectivity index (χ0n) is 11.4. The topological polar surface area (TPSA) is 31.2 Å². The second kappa shape index (κ2) is 4.48. The fourth-order valence-corrected chi connectivity index (χ4v) is 2.21. The summed E-state index contributed by atoms with van der Waals surface area (Å²) >= 11 is 0. The average molecular weight is 245 g/mol. The van der Waals surface area contributed by atoms with Gasteiger partial charge in [-0.2, -0.15) is 0 Å². The monoisotopic (exact) mass is 245 g/mol. The number of nitrogens with zero attached hydrogens (tertiary/aromatic N) is 1. The average Bonchev–Trinajstić information content (AvgIpc) is 2.65. The molecule has 1 heterocycles. The van der Waals surface area contributed by atoms with E-state index in [9.17, 15) is 4.79 Å². The highest BCUT2D eigenvalue weighted by Gasteiger charge is 2.18. The van der Waals surface area contributed by atoms with Crippen molar-refractivity contribution in [1.82, 2.24) is 4.57 Å². The molecule has 0 aliphatic rings. The van der Waals surface area contributed by atoms with Crippen LogP contribution >= 0.6 is 0 Å². The van der Waals surface area contributed by atoms with E-state index >= 15 is 0 Å². The first kappa shape index (κ1) is 12.7. The van der Waals surface area contributed by atoms with Crippen LogP contribution in [0, 0.1) is 5.41 Å². The Morgan fingerprint density at radius 1 is 1.28 bits per heavy atom. The van der Waals surface area contributed by atoms with Gasteiger partial charge >= 0.3 is 6.09 Å². The zero-order chi connectivity index (χ0) is 13.3. The summed E-state index contributed by atoms with van der Waals surface area (Å²) in [5.41, 5.74) is 2.28. The van der Waals surface area contributed by atoms with E-state index in [-0.39, 0.29) is 11.5 Å². The molecule has 1 aromatic carbocycles. The van der Waals surface area contributed by atoms with Crippen molar-refractivity contribution in [2.45, 2.75) is 27.2 Å². The van der Waals surface area contributed by atoms with Crippen molar-refractivity contribution in [3.05, 3.63) is 36.0 Å². The van der Waals surface area contributed by atoms with E-state index in [0.717, 1.165) is 17.3 Å². The van der Waals surface area contributed by atoms with Gasteiger partial charge in [0.15, 0.2) is 0 Å². The molecule has 0 atom stereocenters. The number of rotatable bonds is 1. The molecule has 0 spiro atoms. The van der Waals surface area contributed by atoms with Gasteiger partial charge < -0.3 is 4.74 Å². The predicted octanol–water partition coefficient (Wildman–Crippen LogP) is 3.84. The Kier molecular flexibility index (Phi) is 3.16. The molecule has 96 valence electrons. The third-order valence-corrected chi connectivity index (χ3v) is 2.89. The van der Waals surface area contributed by atoms with E-state index in [0.29, 0.717) is 0 Å². The molecule has 0 saturated carbocycles. The zero-order valence-corrected chi connectivity index (χ0v) is 11.4. The van der Waals surface area contributed by atoms with Crippen molar-refractivity contribution >= 4 is 17.0 Å². The molecule has 18 heavy (non-hydrogen) atoms. The lowest BCUT2D eigenvalue weighted by Crippen LogP contribution is -2.11. The molecule has 0 radical (unpaired) electrons. The number of para-hydroxylation sites is 1. The summed E-state index contributed by atoms with van der Waals surface area (Å²) in [5.74, 6) is 0. The second-order valence-corrected chi connectivity index (χ2v) is 5.75. The minimum atomic E-state index is -0.341. The van der Waals surface area contributed by atoms with E-state index in [1.54, 1.807) is 4.57 Å². The SMILES string of the molecule is COC(=O)n1cc(CC(C)(C)C)c2ccccc21. The van der Waals surface area contributed by atoms with Crippen molar-refractivity contribution in [2.75, 3.05) is 7.11 Å². The Morgan fingerprint density at radius 2 is 1.94 bits per heavy atom. The molecule has 3 heteroatoms. The molecular formula is C15H19NO2. The van der Waals surface area contributed by atoms with E-state index in [4.69, 9.17) is 4.74 Å². The minimum absolute atomic E-state index is 0.186. The summed E-state index contributed by atoms with van der Waals surface area (Å²) in [6.45, 7) is 6.58. The summed E-state index contributed by atoms with van der Waals surface area (Å²) in [4.78, 5) is 11.7. The standard InChI is InChI=1S/C15H19NO2/c1-15(2,3)9-11-10-16(14(17)18-4)13-8-6-5-7-12(11)13/h5-8,10H,9H2,1-4H3. The first-order valence-electron chi connectivity index (χ1n) is 6.10. The molecule has 0 unspecified atom stereocenters. The highest BCUT2D eigenvalue weighted by molar-refractivity contribution is 5.91. The maximum atomic E-state index is 11.7. The van der Waals surface area contributed by atoms with Gasteiger partial charge in [-0.3, -0.25) is 4.57 Å². The molecule has 2 rings (SSSR count). The smallest absolute Gasteiger partial charge is 0.418 e. The lowest BCUT2D eigenvalue weighted by molar-refractivity contribution is 0.174. The van der Waals surface area contributed by atoms with Gasteiger partial charge in [-0.25, -0.2) is 4.79 Å². The third kappa shape index (κ3) is 2.40. The van der Waals surface area contributed by atoms with E-state index in [1.165, 1.54) is 12.7 Å². The van der Waals surface area contributed by atoms with Crippen LogP contribution in [0.4, 0.5) is 4.79 Å². The van der Waals surface area contributed by atoms with Crippen molar-refractivity contribution in [3.8, 4) is 0 Å². The summed E-state index contributed by atoms with van der Waals surface area (Å²) in [7, 11) is 1.40. The van der Waals surface area contributed by atoms with Gasteiger partial charge in [0.25, 0.3) is 0 Å². The van der Waals surface area contributed by atoms with Gasteiger partial charge in [-0.15, -0.1) is 0 Å². The van der Waals surface area contributed by atoms with Gasteiger partial charge in [0, 0.05) is 11.6 Å². The molecule has 0 saturated heterocycles. The summed E-state index contributed by atoms with van der Waals surface area (Å²) in [5, 5.41) is 1.12. The Hall–Kier alpha value is -1.77. The summed E-state index contributed by atoms with van der Waals surface area (Å²) < 4.78 is 6.39. The van der Waals surface area contributed by atoms with Crippen LogP contribution in [0.1, 0.15) is 26.3 Å². The number of fused-ring (bicyclic) bond motifs is 1. The molecule has 0 aliphatic heterocycles. The van der Waals surface area contributed by atoms with E-state index < -0.39 is 0 Å². The third-order valence-electron chi connectivity index (χ3n) is 2.89. The second-order valence-electron chi connectivity index (χ2n) is 5.75. The number of aromatic nitrogens is 1. The first-order chi connectivity index (χ1) is 8.42. The molecule has 0 amide bonds. The van der Waals surface area contributed by atoms with Crippen LogP contribution in [0.25, 0.3) is 10.9 Å². The van der Waals surface area contributed by atoms with Gasteiger partial charge in [0.05, 0.1) is 12.6 Å². The quantitative estimate of drug-likeness (QED) is 0.764. The van der Waals surface area contributed by atoms with Crippen LogP contribution in [0.15, 0.2) is 30.5 Å². The van der Waals surface area contributed by atoms with Crippen molar-refractivity contribution in [2.24, 2.45) is 5.41 Å². The normalized spacial score (nSPS) is 11.8. The highest BCUT2D eigenvalue weighted by atomic mass is 16.5. The Balaban J connectivity index is 2.58. The Morgan fingerprint density at radius 3 is 2.56 bits per heavy atom. The molecule has 0 aliphatic carbocycles. The molecule has 0 fully saturated rings. The van der Waals surface area contributed by atoms with Gasteiger partial charge in [0.1, 0.15) is 0 Å². The summed E-state index contributed by atoms with van der Waals surface area (Å²) in [6, 6.07) is 7.92. The van der Waals surface area contributed by atoms with Gasteiger partial charge in [-0.05, 0) is 23.5 Å². The molecule has 2 aromatic rings. The predicted molar refractivity (Wildman–Crippen MR) is 72.9 cm³/mol. The maximum Gasteiger partial charge on any atom is 0.418 e. The molecule has 1 aromatic heterocycles. The highest BCUT2D eigenvalue weighted by Crippen LogP contribution is 2.28. The molecule has 3 nitrogen and oxygen atoms in total. The van der Waals surface area contributed by atoms with Gasteiger partial charge in [-0.1, -0.05) is 39.0 Å². The maximum absolute atomic E-state index is 11.7. The number of hydrogen-bond acceptors (Lipinski definition) is 2. The van der Waals surface area contributed by atoms with Crippen LogP contribution in [0.2, 0.25) is 0 Å². The number of benzene rings is 1. The number of ether oxygens (including phenoxy) is 1. The van der Waals surface area contributed by atoms with Crippen LogP contribution in [-0.2, 0) is 11.2 Å². The largest absolute Gasteiger partial charge is 0.452 e. The number of carbonyl (C=O) groups is 1. The van der Waals surface area contributed by atoms with Crippen molar-refractivity contribution in [1.29, 1.82) is 0 Å². The molecular weight excluding hydrogens is 226 g/mol. The number of carbonyl (C=O) groups excluding carboxylic acids is 1. The number of hydrogen-bond donors (Lipinski definition) is 0. The summed E-state index contributed by atoms with van der Waals surface area (Å²) in [6.07, 6.45) is 2.48. The van der Waals surface area contributed by atoms with Crippen molar-refractivity contribution in [3.63, 3.8) is 0 Å². The fraction of sp³-hybridized carbons (Fsp3) is 0.400. The van der Waals surface area contributed by atoms with Crippen LogP contribution in [-0.4, -0.2) is 17.8 Å². The lowest BCUT2D eigenvalue weighted by atomic mass is 9.88. The minimum Gasteiger partial charge on any atom is -0.452 e. The van der Waals surface area contributed by atoms with Crippen LogP contribution in [0.5, 0.6) is 0 Å². The van der Waals surface area contributed by atoms with Crippen LogP contribution < -0.4 is 0 Å². The fourth-order valence-electron chi connectivity index (χ4n) is 2.21. The molecule has 0 N–H and O–H groups in total. The van der Waals surface area contributed by atoms with E-state index in [2.05, 4.69) is 26.8 Å². The van der Waals surface area contributed by atoms with E-state index in [1.807, 2.05) is 24.4 Å². The Bertz CT molecular complexity index is 576. The lowest BCUT2D eigenvalue weighted by Gasteiger charge is -2.17. The Labute approximate surface area is 107 Å². The van der Waals surface area contributed by atoms with Crippen LogP contribution in [0.3, 0.4) is 0 Å². The first-order valence-corrected chi connectivity index (χ1v) is 6.10.